The zero-order valence-corrected chi connectivity index (χ0v) is 7.17. The van der Waals surface area contributed by atoms with Crippen molar-refractivity contribution in [2.24, 2.45) is 0 Å². The lowest BCUT2D eigenvalue weighted by Crippen LogP contribution is -2.11. The Bertz CT molecular complexity index is 317. The van der Waals surface area contributed by atoms with E-state index in [-0.39, 0.29) is 6.01 Å². The van der Waals surface area contributed by atoms with Crippen LogP contribution in [0, 0.1) is 0 Å². The number of nitrogens with zero attached hydrogens (tertiary/aromatic N) is 2. The average Bonchev–Trinajstić information content (AvgIpc) is 2.52. The maximum atomic E-state index is 10.8. The molecule has 5 nitrogen and oxygen atoms in total. The fourth-order valence-corrected chi connectivity index (χ4v) is 0.794. The minimum absolute atomic E-state index is 0.0555. The lowest BCUT2D eigenvalue weighted by Gasteiger charge is -2.08. The van der Waals surface area contributed by atoms with Crippen molar-refractivity contribution < 1.29 is 14.6 Å². The lowest BCUT2D eigenvalue weighted by atomic mass is 10.6. The van der Waals surface area contributed by atoms with E-state index in [1.807, 2.05) is 0 Å². The predicted molar refractivity (Wildman–Crippen MR) is 45.0 cm³/mol. The number of hydrogen-bond donors (Lipinski definition) is 1. The van der Waals surface area contributed by atoms with Gasteiger partial charge in [0.1, 0.15) is 6.23 Å². The lowest BCUT2D eigenvalue weighted by molar-refractivity contribution is -0.129. The van der Waals surface area contributed by atoms with Crippen molar-refractivity contribution >= 4 is 5.97 Å². The first-order valence-electron chi connectivity index (χ1n) is 3.70. The van der Waals surface area contributed by atoms with E-state index < -0.39 is 12.2 Å². The highest BCUT2D eigenvalue weighted by Crippen LogP contribution is 2.12. The fourth-order valence-electron chi connectivity index (χ4n) is 0.794. The summed E-state index contributed by atoms with van der Waals surface area (Å²) in [5.74, 6) is -0.604. The first-order valence-corrected chi connectivity index (χ1v) is 3.70. The van der Waals surface area contributed by atoms with Crippen LogP contribution in [0.2, 0.25) is 0 Å². The molecule has 0 bridgehead atoms. The SMILES string of the molecule is C=CC(=O)Oc1nccn1C(C)O. The number of rotatable bonds is 3. The Morgan fingerprint density at radius 3 is 3.15 bits per heavy atom. The van der Waals surface area contributed by atoms with E-state index in [1.54, 1.807) is 0 Å². The molecule has 0 saturated heterocycles. The van der Waals surface area contributed by atoms with Gasteiger partial charge in [0.2, 0.25) is 0 Å². The third-order valence-electron chi connectivity index (χ3n) is 1.39. The number of aliphatic hydroxyl groups excluding tert-OH is 1. The van der Waals surface area contributed by atoms with Crippen LogP contribution in [0.25, 0.3) is 0 Å². The average molecular weight is 182 g/mol. The molecule has 1 unspecified atom stereocenters. The first-order chi connectivity index (χ1) is 6.15. The number of imidazole rings is 1. The second-order valence-corrected chi connectivity index (χ2v) is 2.37. The van der Waals surface area contributed by atoms with E-state index in [0.717, 1.165) is 6.08 Å². The van der Waals surface area contributed by atoms with Gasteiger partial charge in [-0.15, -0.1) is 0 Å². The molecule has 70 valence electrons. The fraction of sp³-hybridized carbons (Fsp3) is 0.250. The minimum atomic E-state index is -0.782. The number of aromatic nitrogens is 2. The van der Waals surface area contributed by atoms with Gasteiger partial charge in [-0.1, -0.05) is 6.58 Å². The Labute approximate surface area is 75.3 Å². The van der Waals surface area contributed by atoms with Crippen LogP contribution >= 0.6 is 0 Å². The molecule has 0 amide bonds. The second kappa shape index (κ2) is 3.86. The van der Waals surface area contributed by atoms with Gasteiger partial charge in [-0.2, -0.15) is 0 Å². The van der Waals surface area contributed by atoms with E-state index in [4.69, 9.17) is 4.74 Å². The molecule has 1 heterocycles. The number of carbonyl (C=O) groups is 1. The number of esters is 1. The zero-order chi connectivity index (χ0) is 9.84. The van der Waals surface area contributed by atoms with E-state index in [2.05, 4.69) is 11.6 Å². The van der Waals surface area contributed by atoms with Gasteiger partial charge in [0, 0.05) is 18.5 Å². The first kappa shape index (κ1) is 9.47. The van der Waals surface area contributed by atoms with E-state index in [0.29, 0.717) is 0 Å². The van der Waals surface area contributed by atoms with Crippen molar-refractivity contribution in [1.82, 2.24) is 9.55 Å². The van der Waals surface area contributed by atoms with Gasteiger partial charge >= 0.3 is 12.0 Å². The van der Waals surface area contributed by atoms with Crippen molar-refractivity contribution in [1.29, 1.82) is 0 Å². The number of ether oxygens (including phenoxy) is 1. The molecule has 1 rings (SSSR count). The van der Waals surface area contributed by atoms with Gasteiger partial charge < -0.3 is 9.84 Å². The summed E-state index contributed by atoms with van der Waals surface area (Å²) in [4.78, 5) is 14.5. The van der Waals surface area contributed by atoms with Gasteiger partial charge in [-0.05, 0) is 6.92 Å². The molecule has 0 aliphatic rings. The van der Waals surface area contributed by atoms with E-state index in [9.17, 15) is 9.90 Å². The van der Waals surface area contributed by atoms with Gasteiger partial charge in [-0.25, -0.2) is 9.78 Å². The quantitative estimate of drug-likeness (QED) is 0.545. The van der Waals surface area contributed by atoms with Crippen LogP contribution in [0.3, 0.4) is 0 Å². The summed E-state index contributed by atoms with van der Waals surface area (Å²) < 4.78 is 6.05. The van der Waals surface area contributed by atoms with Crippen molar-refractivity contribution in [3.63, 3.8) is 0 Å². The van der Waals surface area contributed by atoms with Crippen LogP contribution in [0.4, 0.5) is 0 Å². The monoisotopic (exact) mass is 182 g/mol. The molecule has 0 radical (unpaired) electrons. The van der Waals surface area contributed by atoms with E-state index >= 15 is 0 Å². The van der Waals surface area contributed by atoms with Crippen LogP contribution in [0.1, 0.15) is 13.2 Å². The minimum Gasteiger partial charge on any atom is -0.389 e. The Morgan fingerprint density at radius 1 is 1.92 bits per heavy atom. The van der Waals surface area contributed by atoms with Crippen molar-refractivity contribution in [2.75, 3.05) is 0 Å². The molecule has 0 aromatic carbocycles. The molecule has 1 aromatic rings. The summed E-state index contributed by atoms with van der Waals surface area (Å²) in [6.07, 6.45) is 3.19. The Balaban J connectivity index is 2.82. The third-order valence-corrected chi connectivity index (χ3v) is 1.39. The van der Waals surface area contributed by atoms with Crippen LogP contribution in [0.5, 0.6) is 6.01 Å². The van der Waals surface area contributed by atoms with Gasteiger partial charge in [-0.3, -0.25) is 4.57 Å². The maximum absolute atomic E-state index is 10.8. The summed E-state index contributed by atoms with van der Waals surface area (Å²) in [5, 5.41) is 9.18. The summed E-state index contributed by atoms with van der Waals surface area (Å²) in [7, 11) is 0. The molecule has 0 fully saturated rings. The predicted octanol–water partition coefficient (Wildman–Crippen LogP) is 0.485. The van der Waals surface area contributed by atoms with Gasteiger partial charge in [0.25, 0.3) is 0 Å². The standard InChI is InChI=1S/C8H10N2O3/c1-3-7(12)13-8-9-4-5-10(8)6(2)11/h3-6,11H,1H2,2H3. The third kappa shape index (κ3) is 2.16. The van der Waals surface area contributed by atoms with Crippen LogP contribution < -0.4 is 4.74 Å². The smallest absolute Gasteiger partial charge is 0.337 e. The van der Waals surface area contributed by atoms with Crippen molar-refractivity contribution in [3.05, 3.63) is 25.0 Å². The summed E-state index contributed by atoms with van der Waals surface area (Å²) in [5.41, 5.74) is 0. The molecule has 1 aromatic heterocycles. The molecule has 5 heteroatoms. The molecular formula is C8H10N2O3. The van der Waals surface area contributed by atoms with Crippen molar-refractivity contribution in [2.45, 2.75) is 13.2 Å². The summed E-state index contributed by atoms with van der Waals surface area (Å²) >= 11 is 0. The van der Waals surface area contributed by atoms with Crippen LogP contribution in [-0.4, -0.2) is 20.6 Å². The Hall–Kier alpha value is -1.62. The molecule has 1 N–H and O–H groups in total. The Morgan fingerprint density at radius 2 is 2.62 bits per heavy atom. The molecule has 0 spiro atoms. The molecule has 13 heavy (non-hydrogen) atoms. The highest BCUT2D eigenvalue weighted by Gasteiger charge is 2.10. The number of aliphatic hydroxyl groups is 1. The second-order valence-electron chi connectivity index (χ2n) is 2.37. The normalized spacial score (nSPS) is 12.2. The summed E-state index contributed by atoms with van der Waals surface area (Å²) in [6.45, 7) is 4.78. The van der Waals surface area contributed by atoms with Gasteiger partial charge in [0.05, 0.1) is 0 Å². The molecule has 0 aliphatic carbocycles. The van der Waals surface area contributed by atoms with Gasteiger partial charge in [0.15, 0.2) is 0 Å². The summed E-state index contributed by atoms with van der Waals surface area (Å²) in [6, 6.07) is 0.0555. The number of carbonyl (C=O) groups excluding carboxylic acids is 1. The van der Waals surface area contributed by atoms with Crippen molar-refractivity contribution in [3.8, 4) is 6.01 Å². The van der Waals surface area contributed by atoms with Crippen LogP contribution in [-0.2, 0) is 4.79 Å². The highest BCUT2D eigenvalue weighted by molar-refractivity contribution is 5.82. The highest BCUT2D eigenvalue weighted by atomic mass is 16.6. The molecule has 0 aliphatic heterocycles. The molecule has 0 saturated carbocycles. The molecule has 1 atom stereocenters. The maximum Gasteiger partial charge on any atom is 0.337 e. The zero-order valence-electron chi connectivity index (χ0n) is 7.17. The van der Waals surface area contributed by atoms with E-state index in [1.165, 1.54) is 23.9 Å². The van der Waals surface area contributed by atoms with Crippen LogP contribution in [0.15, 0.2) is 25.0 Å². The Kier molecular flexibility index (Phi) is 2.81. The molecular weight excluding hydrogens is 172 g/mol. The topological polar surface area (TPSA) is 64.3 Å². The largest absolute Gasteiger partial charge is 0.389 e. The number of hydrogen-bond acceptors (Lipinski definition) is 4.